The van der Waals surface area contributed by atoms with E-state index in [0.717, 1.165) is 34.6 Å². The summed E-state index contributed by atoms with van der Waals surface area (Å²) < 4.78 is 1.11. The van der Waals surface area contributed by atoms with E-state index >= 15 is 0 Å². The summed E-state index contributed by atoms with van der Waals surface area (Å²) in [7, 11) is 0. The number of nitrogens with one attached hydrogen (secondary N) is 2. The lowest BCUT2D eigenvalue weighted by Crippen LogP contribution is -2.26. The van der Waals surface area contributed by atoms with Crippen molar-refractivity contribution in [2.75, 3.05) is 11.9 Å². The Morgan fingerprint density at radius 3 is 3.14 bits per heavy atom. The molecule has 1 aliphatic rings. The van der Waals surface area contributed by atoms with Crippen LogP contribution in [0.25, 0.3) is 10.2 Å². The van der Waals surface area contributed by atoms with Gasteiger partial charge in [0, 0.05) is 6.21 Å². The molecule has 6 heteroatoms. The molecule has 2 aromatic rings. The largest absolute Gasteiger partial charge is 0.352 e. The number of carbonyl (C=O) groups is 1. The van der Waals surface area contributed by atoms with Gasteiger partial charge in [0.2, 0.25) is 0 Å². The van der Waals surface area contributed by atoms with Crippen molar-refractivity contribution in [1.82, 2.24) is 10.4 Å². The minimum absolute atomic E-state index is 0.165. The number of aromatic nitrogens is 1. The molecule has 22 heavy (non-hydrogen) atoms. The van der Waals surface area contributed by atoms with E-state index in [1.807, 2.05) is 30.5 Å². The molecule has 0 aliphatic heterocycles. The van der Waals surface area contributed by atoms with Gasteiger partial charge in [0.1, 0.15) is 0 Å². The third-order valence-corrected chi connectivity index (χ3v) is 4.47. The Bertz CT molecular complexity index is 674. The van der Waals surface area contributed by atoms with Gasteiger partial charge in [-0.05, 0) is 37.3 Å². The Morgan fingerprint density at radius 2 is 2.32 bits per heavy atom. The van der Waals surface area contributed by atoms with Gasteiger partial charge in [0.05, 0.1) is 16.8 Å². The summed E-state index contributed by atoms with van der Waals surface area (Å²) in [5, 5.41) is 7.82. The zero-order chi connectivity index (χ0) is 15.2. The van der Waals surface area contributed by atoms with Gasteiger partial charge in [-0.1, -0.05) is 35.6 Å². The third kappa shape index (κ3) is 3.92. The summed E-state index contributed by atoms with van der Waals surface area (Å²) in [4.78, 5) is 16.2. The predicted octanol–water partition coefficient (Wildman–Crippen LogP) is 3.17. The van der Waals surface area contributed by atoms with Crippen molar-refractivity contribution in [3.63, 3.8) is 0 Å². The Hall–Kier alpha value is -2.21. The number of rotatable bonds is 5. The number of nitrogens with zero attached hydrogens (tertiary/aromatic N) is 2. The van der Waals surface area contributed by atoms with E-state index in [9.17, 15) is 4.79 Å². The van der Waals surface area contributed by atoms with Gasteiger partial charge in [-0.15, -0.1) is 0 Å². The van der Waals surface area contributed by atoms with E-state index in [1.54, 1.807) is 0 Å². The van der Waals surface area contributed by atoms with Gasteiger partial charge in [-0.2, -0.15) is 5.10 Å². The quantitative estimate of drug-likeness (QED) is 0.506. The summed E-state index contributed by atoms with van der Waals surface area (Å²) in [5.74, 6) is 0.268. The van der Waals surface area contributed by atoms with Crippen molar-refractivity contribution in [3.8, 4) is 0 Å². The smallest absolute Gasteiger partial charge is 0.259 e. The van der Waals surface area contributed by atoms with E-state index in [2.05, 4.69) is 33.0 Å². The zero-order valence-corrected chi connectivity index (χ0v) is 13.0. The highest BCUT2D eigenvalue weighted by molar-refractivity contribution is 7.22. The Morgan fingerprint density at radius 1 is 1.41 bits per heavy atom. The number of fused-ring (bicyclic) bond motifs is 1. The van der Waals surface area contributed by atoms with Crippen molar-refractivity contribution in [2.45, 2.75) is 19.3 Å². The third-order valence-electron chi connectivity index (χ3n) is 3.48. The van der Waals surface area contributed by atoms with E-state index < -0.39 is 0 Å². The first kappa shape index (κ1) is 14.7. The van der Waals surface area contributed by atoms with E-state index in [0.29, 0.717) is 5.92 Å². The number of anilines is 1. The SMILES string of the molecule is O=C(CNc1nc2ccccc2s1)N/N=C\[C@H]1CC=CCC1. The number of hydrazone groups is 1. The van der Waals surface area contributed by atoms with Crippen molar-refractivity contribution >= 4 is 38.8 Å². The van der Waals surface area contributed by atoms with Crippen LogP contribution in [0.5, 0.6) is 0 Å². The second kappa shape index (κ2) is 7.17. The van der Waals surface area contributed by atoms with Gasteiger partial charge in [0.15, 0.2) is 5.13 Å². The molecule has 0 spiro atoms. The Labute approximate surface area is 133 Å². The van der Waals surface area contributed by atoms with E-state index in [-0.39, 0.29) is 12.5 Å². The summed E-state index contributed by atoms with van der Waals surface area (Å²) in [5.41, 5.74) is 3.50. The van der Waals surface area contributed by atoms with Crippen molar-refractivity contribution in [3.05, 3.63) is 36.4 Å². The second-order valence-corrected chi connectivity index (χ2v) is 6.23. The maximum atomic E-state index is 11.7. The number of benzene rings is 1. The first-order valence-corrected chi connectivity index (χ1v) is 8.19. The first-order chi connectivity index (χ1) is 10.8. The molecule has 1 amide bonds. The zero-order valence-electron chi connectivity index (χ0n) is 12.2. The number of amides is 1. The van der Waals surface area contributed by atoms with Crippen LogP contribution in [-0.4, -0.2) is 23.7 Å². The minimum Gasteiger partial charge on any atom is -0.352 e. The molecule has 2 N–H and O–H groups in total. The van der Waals surface area contributed by atoms with Gasteiger partial charge >= 0.3 is 0 Å². The molecule has 0 unspecified atom stereocenters. The fourth-order valence-electron chi connectivity index (χ4n) is 2.31. The summed E-state index contributed by atoms with van der Waals surface area (Å²) in [6.07, 6.45) is 9.37. The van der Waals surface area contributed by atoms with E-state index in [4.69, 9.17) is 0 Å². The molecule has 0 saturated heterocycles. The van der Waals surface area contributed by atoms with Gasteiger partial charge < -0.3 is 5.32 Å². The van der Waals surface area contributed by atoms with Crippen LogP contribution in [0, 0.1) is 5.92 Å². The summed E-state index contributed by atoms with van der Waals surface area (Å²) in [6.45, 7) is 0.168. The van der Waals surface area contributed by atoms with Crippen LogP contribution in [0.3, 0.4) is 0 Å². The van der Waals surface area contributed by atoms with Crippen LogP contribution in [0.4, 0.5) is 5.13 Å². The number of hydrogen-bond acceptors (Lipinski definition) is 5. The van der Waals surface area contributed by atoms with Crippen molar-refractivity contribution < 1.29 is 4.79 Å². The molecule has 114 valence electrons. The summed E-state index contributed by atoms with van der Waals surface area (Å²) >= 11 is 1.54. The molecule has 0 radical (unpaired) electrons. The normalized spacial score (nSPS) is 17.9. The number of allylic oxidation sites excluding steroid dienone is 2. The molecule has 3 rings (SSSR count). The fraction of sp³-hybridized carbons (Fsp3) is 0.312. The lowest BCUT2D eigenvalue weighted by molar-refractivity contribution is -0.119. The average molecular weight is 314 g/mol. The van der Waals surface area contributed by atoms with Crippen LogP contribution in [0.1, 0.15) is 19.3 Å². The Kier molecular flexibility index (Phi) is 4.80. The molecular weight excluding hydrogens is 296 g/mol. The van der Waals surface area contributed by atoms with Crippen LogP contribution >= 0.6 is 11.3 Å². The lowest BCUT2D eigenvalue weighted by atomic mass is 9.96. The number of para-hydroxylation sites is 1. The van der Waals surface area contributed by atoms with Gasteiger partial charge in [-0.3, -0.25) is 4.79 Å². The monoisotopic (exact) mass is 314 g/mol. The molecule has 1 aliphatic carbocycles. The topological polar surface area (TPSA) is 66.4 Å². The minimum atomic E-state index is -0.165. The molecule has 0 fully saturated rings. The molecule has 1 atom stereocenters. The van der Waals surface area contributed by atoms with E-state index in [1.165, 1.54) is 11.3 Å². The highest BCUT2D eigenvalue weighted by Gasteiger charge is 2.07. The molecule has 1 aromatic heterocycles. The van der Waals surface area contributed by atoms with Crippen LogP contribution < -0.4 is 10.7 Å². The van der Waals surface area contributed by atoms with Crippen molar-refractivity contribution in [2.24, 2.45) is 11.0 Å². The van der Waals surface area contributed by atoms with Crippen LogP contribution in [0.2, 0.25) is 0 Å². The van der Waals surface area contributed by atoms with Gasteiger partial charge in [-0.25, -0.2) is 10.4 Å². The standard InChI is InChI=1S/C16H18N4OS/c21-15(20-18-10-12-6-2-1-3-7-12)11-17-16-19-13-8-4-5-9-14(13)22-16/h1-2,4-5,8-10,12H,3,6-7,11H2,(H,17,19)(H,20,21)/b18-10-/t12-/m0/s1. The molecule has 1 aromatic carbocycles. The maximum absolute atomic E-state index is 11.7. The van der Waals surface area contributed by atoms with Crippen LogP contribution in [0.15, 0.2) is 41.5 Å². The molecule has 0 saturated carbocycles. The molecule has 5 nitrogen and oxygen atoms in total. The Balaban J connectivity index is 1.45. The predicted molar refractivity (Wildman–Crippen MR) is 91.2 cm³/mol. The van der Waals surface area contributed by atoms with Crippen molar-refractivity contribution in [1.29, 1.82) is 0 Å². The number of carbonyl (C=O) groups excluding carboxylic acids is 1. The maximum Gasteiger partial charge on any atom is 0.259 e. The molecule has 1 heterocycles. The van der Waals surface area contributed by atoms with Crippen LogP contribution in [-0.2, 0) is 4.79 Å². The highest BCUT2D eigenvalue weighted by atomic mass is 32.1. The summed E-state index contributed by atoms with van der Waals surface area (Å²) in [6, 6.07) is 7.90. The number of hydrogen-bond donors (Lipinski definition) is 2. The first-order valence-electron chi connectivity index (χ1n) is 7.38. The van der Waals surface area contributed by atoms with Gasteiger partial charge in [0.25, 0.3) is 5.91 Å². The highest BCUT2D eigenvalue weighted by Crippen LogP contribution is 2.24. The lowest BCUT2D eigenvalue weighted by Gasteiger charge is -2.11. The molecule has 0 bridgehead atoms. The second-order valence-electron chi connectivity index (χ2n) is 5.20. The fourth-order valence-corrected chi connectivity index (χ4v) is 3.17. The number of thiazole rings is 1. The molecular formula is C16H18N4OS. The average Bonchev–Trinajstić information content (AvgIpc) is 2.97.